The van der Waals surface area contributed by atoms with Gasteiger partial charge in [0.1, 0.15) is 5.75 Å². The van der Waals surface area contributed by atoms with Gasteiger partial charge in [-0.3, -0.25) is 4.90 Å². The summed E-state index contributed by atoms with van der Waals surface area (Å²) in [5.74, 6) is 0.867. The highest BCUT2D eigenvalue weighted by atomic mass is 16.5. The molecule has 2 unspecified atom stereocenters. The number of ether oxygens (including phenoxy) is 2. The minimum absolute atomic E-state index is 0.255. The molecule has 124 valence electrons. The lowest BCUT2D eigenvalue weighted by Gasteiger charge is -2.29. The van der Waals surface area contributed by atoms with Gasteiger partial charge in [0, 0.05) is 32.2 Å². The Morgan fingerprint density at radius 2 is 1.95 bits per heavy atom. The molecule has 0 aromatic heterocycles. The largest absolute Gasteiger partial charge is 0.497 e. The molecule has 0 radical (unpaired) electrons. The Hall–Kier alpha value is -1.14. The monoisotopic (exact) mass is 308 g/mol. The molecule has 5 heteroatoms. The predicted octanol–water partition coefficient (Wildman–Crippen LogP) is 1.43. The number of nitrogens with zero attached hydrogens (tertiary/aromatic N) is 1. The molecule has 22 heavy (non-hydrogen) atoms. The van der Waals surface area contributed by atoms with Crippen LogP contribution in [0.2, 0.25) is 0 Å². The van der Waals surface area contributed by atoms with Gasteiger partial charge in [0.05, 0.1) is 26.4 Å². The van der Waals surface area contributed by atoms with E-state index in [1.165, 1.54) is 5.56 Å². The number of benzene rings is 1. The average molecular weight is 308 g/mol. The van der Waals surface area contributed by atoms with Crippen molar-refractivity contribution < 1.29 is 14.6 Å². The van der Waals surface area contributed by atoms with Gasteiger partial charge in [-0.05, 0) is 24.1 Å². The second-order valence-electron chi connectivity index (χ2n) is 5.71. The maximum Gasteiger partial charge on any atom is 0.118 e. The average Bonchev–Trinajstić information content (AvgIpc) is 2.57. The zero-order valence-corrected chi connectivity index (χ0v) is 13.6. The van der Waals surface area contributed by atoms with Crippen LogP contribution < -0.4 is 10.1 Å². The Kier molecular flexibility index (Phi) is 7.12. The van der Waals surface area contributed by atoms with E-state index in [1.54, 1.807) is 7.11 Å². The van der Waals surface area contributed by atoms with E-state index in [0.29, 0.717) is 13.1 Å². The van der Waals surface area contributed by atoms with Gasteiger partial charge in [0.25, 0.3) is 0 Å². The number of methoxy groups -OCH3 is 1. The number of nitrogens with one attached hydrogen (secondary N) is 1. The van der Waals surface area contributed by atoms with Crippen LogP contribution in [-0.2, 0) is 4.74 Å². The maximum atomic E-state index is 10.2. The zero-order valence-electron chi connectivity index (χ0n) is 13.6. The summed E-state index contributed by atoms with van der Waals surface area (Å²) in [5.41, 5.74) is 1.22. The second-order valence-corrected chi connectivity index (χ2v) is 5.71. The molecule has 1 aromatic rings. The van der Waals surface area contributed by atoms with Gasteiger partial charge in [0.15, 0.2) is 0 Å². The fourth-order valence-corrected chi connectivity index (χ4v) is 2.76. The summed E-state index contributed by atoms with van der Waals surface area (Å²) in [6.07, 6.45) is 0.627. The lowest BCUT2D eigenvalue weighted by atomic mass is 10.0. The molecule has 1 aromatic carbocycles. The van der Waals surface area contributed by atoms with E-state index in [0.717, 1.165) is 38.5 Å². The van der Waals surface area contributed by atoms with Gasteiger partial charge in [-0.1, -0.05) is 19.1 Å². The summed E-state index contributed by atoms with van der Waals surface area (Å²) in [7, 11) is 1.67. The van der Waals surface area contributed by atoms with Crippen LogP contribution in [0.4, 0.5) is 0 Å². The Morgan fingerprint density at radius 1 is 1.27 bits per heavy atom. The van der Waals surface area contributed by atoms with Crippen LogP contribution in [-0.4, -0.2) is 62.6 Å². The third-order valence-corrected chi connectivity index (χ3v) is 4.10. The number of hydrogen-bond donors (Lipinski definition) is 2. The number of morpholine rings is 1. The first-order valence-electron chi connectivity index (χ1n) is 8.08. The van der Waals surface area contributed by atoms with E-state index in [-0.39, 0.29) is 12.1 Å². The molecule has 1 saturated heterocycles. The fourth-order valence-electron chi connectivity index (χ4n) is 2.76. The van der Waals surface area contributed by atoms with E-state index in [4.69, 9.17) is 9.47 Å². The second kappa shape index (κ2) is 9.10. The molecule has 0 amide bonds. The van der Waals surface area contributed by atoms with Crippen molar-refractivity contribution in [1.29, 1.82) is 0 Å². The summed E-state index contributed by atoms with van der Waals surface area (Å²) in [6.45, 7) is 6.81. The topological polar surface area (TPSA) is 54.0 Å². The van der Waals surface area contributed by atoms with Crippen molar-refractivity contribution in [1.82, 2.24) is 10.2 Å². The summed E-state index contributed by atoms with van der Waals surface area (Å²) >= 11 is 0. The van der Waals surface area contributed by atoms with Crippen LogP contribution in [0.25, 0.3) is 0 Å². The Labute approximate surface area is 133 Å². The molecule has 1 aliphatic heterocycles. The molecule has 2 N–H and O–H groups in total. The smallest absolute Gasteiger partial charge is 0.118 e. The van der Waals surface area contributed by atoms with Crippen LogP contribution in [0.3, 0.4) is 0 Å². The van der Waals surface area contributed by atoms with E-state index in [1.807, 2.05) is 12.1 Å². The molecule has 1 fully saturated rings. The van der Waals surface area contributed by atoms with Crippen LogP contribution >= 0.6 is 0 Å². The van der Waals surface area contributed by atoms with Crippen molar-refractivity contribution in [2.24, 2.45) is 0 Å². The van der Waals surface area contributed by atoms with Crippen molar-refractivity contribution in [2.75, 3.05) is 46.5 Å². The first kappa shape index (κ1) is 17.2. The molecule has 2 atom stereocenters. The fraction of sp³-hybridized carbons (Fsp3) is 0.647. The van der Waals surface area contributed by atoms with Gasteiger partial charge < -0.3 is 19.9 Å². The first-order valence-corrected chi connectivity index (χ1v) is 8.08. The summed E-state index contributed by atoms with van der Waals surface area (Å²) in [5, 5.41) is 13.7. The minimum atomic E-state index is -0.356. The number of rotatable bonds is 8. The van der Waals surface area contributed by atoms with E-state index >= 15 is 0 Å². The Morgan fingerprint density at radius 3 is 2.55 bits per heavy atom. The quantitative estimate of drug-likeness (QED) is 0.761. The first-order chi connectivity index (χ1) is 10.7. The molecule has 1 aliphatic rings. The molecule has 2 rings (SSSR count). The van der Waals surface area contributed by atoms with Gasteiger partial charge in [-0.25, -0.2) is 0 Å². The molecule has 0 bridgehead atoms. The molecule has 0 saturated carbocycles. The Bertz CT molecular complexity index is 418. The van der Waals surface area contributed by atoms with Crippen LogP contribution in [0, 0.1) is 0 Å². The highest BCUT2D eigenvalue weighted by Crippen LogP contribution is 2.20. The number of hydrogen-bond acceptors (Lipinski definition) is 5. The highest BCUT2D eigenvalue weighted by molar-refractivity contribution is 5.29. The SMILES string of the molecule is CCC(NCC(O)CN1CCOCC1)c1ccc(OC)cc1. The molecular formula is C17H28N2O3. The third-order valence-electron chi connectivity index (χ3n) is 4.10. The van der Waals surface area contributed by atoms with E-state index < -0.39 is 0 Å². The normalized spacial score (nSPS) is 18.9. The van der Waals surface area contributed by atoms with Crippen molar-refractivity contribution >= 4 is 0 Å². The van der Waals surface area contributed by atoms with E-state index in [9.17, 15) is 5.11 Å². The van der Waals surface area contributed by atoms with Crippen molar-refractivity contribution in [3.8, 4) is 5.75 Å². The van der Waals surface area contributed by atoms with Crippen LogP contribution in [0.15, 0.2) is 24.3 Å². The molecule has 5 nitrogen and oxygen atoms in total. The number of β-amino-alcohol motifs (C(OH)–C–C–N with tert-alkyl or cyclic N) is 1. The number of aliphatic hydroxyl groups excluding tert-OH is 1. The third kappa shape index (κ3) is 5.25. The maximum absolute atomic E-state index is 10.2. The summed E-state index contributed by atoms with van der Waals surface area (Å²) in [4.78, 5) is 2.25. The standard InChI is InChI=1S/C17H28N2O3/c1-3-17(14-4-6-16(21-2)7-5-14)18-12-15(20)13-19-8-10-22-11-9-19/h4-7,15,17-18,20H,3,8-13H2,1-2H3. The van der Waals surface area contributed by atoms with Gasteiger partial charge >= 0.3 is 0 Å². The molecular weight excluding hydrogens is 280 g/mol. The predicted molar refractivity (Wildman–Crippen MR) is 87.3 cm³/mol. The van der Waals surface area contributed by atoms with Crippen molar-refractivity contribution in [3.63, 3.8) is 0 Å². The van der Waals surface area contributed by atoms with Gasteiger partial charge in [0.2, 0.25) is 0 Å². The van der Waals surface area contributed by atoms with Crippen molar-refractivity contribution in [2.45, 2.75) is 25.5 Å². The Balaban J connectivity index is 1.79. The van der Waals surface area contributed by atoms with E-state index in [2.05, 4.69) is 29.3 Å². The van der Waals surface area contributed by atoms with Crippen LogP contribution in [0.5, 0.6) is 5.75 Å². The van der Waals surface area contributed by atoms with Crippen molar-refractivity contribution in [3.05, 3.63) is 29.8 Å². The zero-order chi connectivity index (χ0) is 15.8. The van der Waals surface area contributed by atoms with Crippen LogP contribution in [0.1, 0.15) is 24.9 Å². The highest BCUT2D eigenvalue weighted by Gasteiger charge is 2.16. The van der Waals surface area contributed by atoms with Gasteiger partial charge in [-0.2, -0.15) is 0 Å². The summed E-state index contributed by atoms with van der Waals surface area (Å²) < 4.78 is 10.5. The molecule has 1 heterocycles. The van der Waals surface area contributed by atoms with Gasteiger partial charge in [-0.15, -0.1) is 0 Å². The molecule has 0 spiro atoms. The lowest BCUT2D eigenvalue weighted by Crippen LogP contribution is -2.44. The number of aliphatic hydroxyl groups is 1. The minimum Gasteiger partial charge on any atom is -0.497 e. The summed E-state index contributed by atoms with van der Waals surface area (Å²) in [6, 6.07) is 8.36. The lowest BCUT2D eigenvalue weighted by molar-refractivity contribution is 0.0144. The molecule has 0 aliphatic carbocycles.